The normalized spacial score (nSPS) is 15.7. The Kier molecular flexibility index (Phi) is 4.34. The van der Waals surface area contributed by atoms with Crippen LogP contribution in [-0.4, -0.2) is 17.4 Å². The Morgan fingerprint density at radius 2 is 2.14 bits per heavy atom. The zero-order valence-electron chi connectivity index (χ0n) is 12.2. The lowest BCUT2D eigenvalue weighted by Crippen LogP contribution is -2.31. The molecule has 0 radical (unpaired) electrons. The summed E-state index contributed by atoms with van der Waals surface area (Å²) in [6, 6.07) is 10.2. The quantitative estimate of drug-likeness (QED) is 0.887. The Morgan fingerprint density at radius 1 is 1.38 bits per heavy atom. The molecule has 3 nitrogen and oxygen atoms in total. The van der Waals surface area contributed by atoms with Crippen LogP contribution in [0.25, 0.3) is 10.6 Å². The van der Waals surface area contributed by atoms with Crippen molar-refractivity contribution in [2.75, 3.05) is 6.54 Å². The zero-order valence-corrected chi connectivity index (χ0v) is 13.0. The van der Waals surface area contributed by atoms with Crippen molar-refractivity contribution in [3.63, 3.8) is 0 Å². The lowest BCUT2D eigenvalue weighted by molar-refractivity contribution is -0.125. The van der Waals surface area contributed by atoms with Gasteiger partial charge < -0.3 is 5.32 Å². The topological polar surface area (TPSA) is 42.0 Å². The van der Waals surface area contributed by atoms with E-state index in [0.29, 0.717) is 12.5 Å². The van der Waals surface area contributed by atoms with Crippen molar-refractivity contribution >= 4 is 17.2 Å². The Balaban J connectivity index is 1.50. The van der Waals surface area contributed by atoms with Crippen molar-refractivity contribution in [1.29, 1.82) is 0 Å². The Morgan fingerprint density at radius 3 is 2.86 bits per heavy atom. The lowest BCUT2D eigenvalue weighted by atomic mass is 10.1. The molecule has 1 N–H and O–H groups in total. The minimum Gasteiger partial charge on any atom is -0.355 e. The highest BCUT2D eigenvalue weighted by Gasteiger charge is 2.32. The third-order valence-corrected chi connectivity index (χ3v) is 4.94. The standard InChI is InChI=1S/C17H20N2OS/c1-12(13-7-8-13)16(20)18-10-9-15-11-21-17(19-15)14-5-3-2-4-6-14/h2-6,11-13H,7-10H2,1H3,(H,18,20). The summed E-state index contributed by atoms with van der Waals surface area (Å²) >= 11 is 1.66. The summed E-state index contributed by atoms with van der Waals surface area (Å²) in [5.74, 6) is 0.977. The number of carbonyl (C=O) groups is 1. The van der Waals surface area contributed by atoms with Crippen molar-refractivity contribution < 1.29 is 4.79 Å². The summed E-state index contributed by atoms with van der Waals surface area (Å²) in [4.78, 5) is 16.5. The number of nitrogens with one attached hydrogen (secondary N) is 1. The second-order valence-electron chi connectivity index (χ2n) is 5.68. The minimum atomic E-state index is 0.167. The van der Waals surface area contributed by atoms with Crippen LogP contribution in [0.1, 0.15) is 25.5 Å². The molecule has 1 aliphatic rings. The number of rotatable bonds is 6. The number of thiazole rings is 1. The fourth-order valence-corrected chi connectivity index (χ4v) is 3.28. The van der Waals surface area contributed by atoms with Crippen LogP contribution in [-0.2, 0) is 11.2 Å². The molecule has 1 unspecified atom stereocenters. The smallest absolute Gasteiger partial charge is 0.223 e. The Labute approximate surface area is 129 Å². The van der Waals surface area contributed by atoms with Crippen molar-refractivity contribution in [3.8, 4) is 10.6 Å². The van der Waals surface area contributed by atoms with Gasteiger partial charge in [-0.3, -0.25) is 4.79 Å². The van der Waals surface area contributed by atoms with Crippen LogP contribution in [0.15, 0.2) is 35.7 Å². The maximum Gasteiger partial charge on any atom is 0.223 e. The maximum atomic E-state index is 11.9. The van der Waals surface area contributed by atoms with E-state index in [1.54, 1.807) is 11.3 Å². The molecule has 3 rings (SSSR count). The minimum absolute atomic E-state index is 0.167. The summed E-state index contributed by atoms with van der Waals surface area (Å²) in [7, 11) is 0. The summed E-state index contributed by atoms with van der Waals surface area (Å²) < 4.78 is 0. The maximum absolute atomic E-state index is 11.9. The van der Waals surface area contributed by atoms with Gasteiger partial charge in [0, 0.05) is 29.8 Å². The van der Waals surface area contributed by atoms with Crippen LogP contribution < -0.4 is 5.32 Å². The van der Waals surface area contributed by atoms with Gasteiger partial charge >= 0.3 is 0 Å². The molecular formula is C17H20N2OS. The second kappa shape index (κ2) is 6.39. The summed E-state index contributed by atoms with van der Waals surface area (Å²) in [5, 5.41) is 6.15. The predicted molar refractivity (Wildman–Crippen MR) is 86.2 cm³/mol. The van der Waals surface area contributed by atoms with Crippen molar-refractivity contribution in [2.45, 2.75) is 26.2 Å². The molecule has 1 heterocycles. The number of nitrogens with zero attached hydrogens (tertiary/aromatic N) is 1. The molecule has 2 aromatic rings. The third-order valence-electron chi connectivity index (χ3n) is 4.00. The SMILES string of the molecule is CC(C(=O)NCCc1csc(-c2ccccc2)n1)C1CC1. The lowest BCUT2D eigenvalue weighted by Gasteiger charge is -2.10. The van der Waals surface area contributed by atoms with Gasteiger partial charge in [0.1, 0.15) is 5.01 Å². The van der Waals surface area contributed by atoms with E-state index in [1.807, 2.05) is 25.1 Å². The monoisotopic (exact) mass is 300 g/mol. The number of benzene rings is 1. The van der Waals surface area contributed by atoms with E-state index < -0.39 is 0 Å². The van der Waals surface area contributed by atoms with Crippen LogP contribution in [0, 0.1) is 11.8 Å². The highest BCUT2D eigenvalue weighted by atomic mass is 32.1. The molecule has 0 aliphatic heterocycles. The van der Waals surface area contributed by atoms with Gasteiger partial charge in [0.2, 0.25) is 5.91 Å². The average Bonchev–Trinajstić information content (AvgIpc) is 3.26. The van der Waals surface area contributed by atoms with Gasteiger partial charge in [-0.2, -0.15) is 0 Å². The molecule has 0 saturated heterocycles. The van der Waals surface area contributed by atoms with Gasteiger partial charge in [-0.25, -0.2) is 4.98 Å². The molecule has 21 heavy (non-hydrogen) atoms. The first-order valence-electron chi connectivity index (χ1n) is 7.51. The van der Waals surface area contributed by atoms with Crippen LogP contribution in [0.4, 0.5) is 0 Å². The fraction of sp³-hybridized carbons (Fsp3) is 0.412. The molecule has 0 spiro atoms. The summed E-state index contributed by atoms with van der Waals surface area (Å²) in [5.41, 5.74) is 2.21. The average molecular weight is 300 g/mol. The van der Waals surface area contributed by atoms with Crippen molar-refractivity contribution in [3.05, 3.63) is 41.4 Å². The van der Waals surface area contributed by atoms with E-state index >= 15 is 0 Å². The van der Waals surface area contributed by atoms with Crippen LogP contribution in [0.3, 0.4) is 0 Å². The first-order chi connectivity index (χ1) is 10.2. The third kappa shape index (κ3) is 3.70. The summed E-state index contributed by atoms with van der Waals surface area (Å²) in [6.45, 7) is 2.71. The van der Waals surface area contributed by atoms with E-state index in [-0.39, 0.29) is 11.8 Å². The second-order valence-corrected chi connectivity index (χ2v) is 6.54. The molecule has 1 aromatic heterocycles. The summed E-state index contributed by atoms with van der Waals surface area (Å²) in [6.07, 6.45) is 3.22. The van der Waals surface area contributed by atoms with Crippen molar-refractivity contribution in [1.82, 2.24) is 10.3 Å². The van der Waals surface area contributed by atoms with Gasteiger partial charge in [0.05, 0.1) is 5.69 Å². The fourth-order valence-electron chi connectivity index (χ4n) is 2.42. The molecule has 1 saturated carbocycles. The number of hydrogen-bond acceptors (Lipinski definition) is 3. The van der Waals surface area contributed by atoms with Gasteiger partial charge in [-0.15, -0.1) is 11.3 Å². The van der Waals surface area contributed by atoms with Gasteiger partial charge in [0.25, 0.3) is 0 Å². The molecule has 0 bridgehead atoms. The molecular weight excluding hydrogens is 280 g/mol. The Bertz CT molecular complexity index is 604. The largest absolute Gasteiger partial charge is 0.355 e. The van der Waals surface area contributed by atoms with E-state index in [4.69, 9.17) is 0 Å². The highest BCUT2D eigenvalue weighted by Crippen LogP contribution is 2.36. The number of hydrogen-bond donors (Lipinski definition) is 1. The van der Waals surface area contributed by atoms with Crippen LogP contribution in [0.2, 0.25) is 0 Å². The van der Waals surface area contributed by atoms with E-state index in [2.05, 4.69) is 27.8 Å². The molecule has 1 fully saturated rings. The predicted octanol–water partition coefficient (Wildman–Crippen LogP) is 3.51. The number of amides is 1. The molecule has 1 aliphatic carbocycles. The van der Waals surface area contributed by atoms with Gasteiger partial charge in [0.15, 0.2) is 0 Å². The number of aromatic nitrogens is 1. The number of carbonyl (C=O) groups excluding carboxylic acids is 1. The first kappa shape index (κ1) is 14.3. The molecule has 4 heteroatoms. The van der Waals surface area contributed by atoms with Crippen LogP contribution >= 0.6 is 11.3 Å². The Hall–Kier alpha value is -1.68. The zero-order chi connectivity index (χ0) is 14.7. The van der Waals surface area contributed by atoms with Gasteiger partial charge in [-0.1, -0.05) is 37.3 Å². The van der Waals surface area contributed by atoms with E-state index in [0.717, 1.165) is 22.7 Å². The highest BCUT2D eigenvalue weighted by molar-refractivity contribution is 7.13. The van der Waals surface area contributed by atoms with Crippen molar-refractivity contribution in [2.24, 2.45) is 11.8 Å². The van der Waals surface area contributed by atoms with Gasteiger partial charge in [-0.05, 0) is 18.8 Å². The molecule has 110 valence electrons. The molecule has 1 amide bonds. The van der Waals surface area contributed by atoms with E-state index in [9.17, 15) is 4.79 Å². The molecule has 1 aromatic carbocycles. The molecule has 1 atom stereocenters. The van der Waals surface area contributed by atoms with E-state index in [1.165, 1.54) is 12.8 Å². The first-order valence-corrected chi connectivity index (χ1v) is 8.39. The van der Waals surface area contributed by atoms with Crippen LogP contribution in [0.5, 0.6) is 0 Å².